The van der Waals surface area contributed by atoms with Crippen LogP contribution in [0.4, 0.5) is 5.69 Å². The molecule has 1 fully saturated rings. The van der Waals surface area contributed by atoms with Gasteiger partial charge in [0.15, 0.2) is 5.58 Å². The number of benzene rings is 1. The molecule has 1 aromatic heterocycles. The number of hydrogen-bond donors (Lipinski definition) is 1. The predicted octanol–water partition coefficient (Wildman–Crippen LogP) is 1.70. The maximum atomic E-state index is 12.1. The summed E-state index contributed by atoms with van der Waals surface area (Å²) in [5, 5.41) is 0. The van der Waals surface area contributed by atoms with Gasteiger partial charge >= 0.3 is 0 Å². The van der Waals surface area contributed by atoms with Crippen LogP contribution in [0.3, 0.4) is 0 Å². The van der Waals surface area contributed by atoms with E-state index in [1.54, 1.807) is 32.0 Å². The molecule has 6 nitrogen and oxygen atoms in total. The minimum absolute atomic E-state index is 0.0652. The molecular weight excluding hydrogens is 258 g/mol. The molecule has 0 bridgehead atoms. The number of carbonyl (C=O) groups is 2. The largest absolute Gasteiger partial charge is 0.439 e. The Balaban J connectivity index is 1.90. The number of rotatable bonds is 2. The van der Waals surface area contributed by atoms with Crippen LogP contribution in [-0.2, 0) is 16.1 Å². The summed E-state index contributed by atoms with van der Waals surface area (Å²) in [6.07, 6.45) is 0.221. The van der Waals surface area contributed by atoms with Crippen molar-refractivity contribution in [1.82, 2.24) is 9.88 Å². The fraction of sp³-hybridized carbons (Fsp3) is 0.357. The Morgan fingerprint density at radius 3 is 2.80 bits per heavy atom. The molecule has 3 rings (SSSR count). The number of imide groups is 1. The molecule has 2 N–H and O–H groups in total. The highest BCUT2D eigenvalue weighted by Gasteiger charge is 2.45. The molecule has 0 unspecified atom stereocenters. The van der Waals surface area contributed by atoms with Gasteiger partial charge in [-0.15, -0.1) is 0 Å². The van der Waals surface area contributed by atoms with Crippen molar-refractivity contribution in [3.8, 4) is 0 Å². The lowest BCUT2D eigenvalue weighted by atomic mass is 9.92. The second kappa shape index (κ2) is 4.06. The second-order valence-electron chi connectivity index (χ2n) is 5.68. The van der Waals surface area contributed by atoms with E-state index in [4.69, 9.17) is 10.2 Å². The summed E-state index contributed by atoms with van der Waals surface area (Å²) >= 11 is 0. The van der Waals surface area contributed by atoms with Crippen molar-refractivity contribution in [2.24, 2.45) is 5.41 Å². The van der Waals surface area contributed by atoms with Crippen LogP contribution in [0.25, 0.3) is 11.1 Å². The van der Waals surface area contributed by atoms with E-state index in [-0.39, 0.29) is 24.8 Å². The average molecular weight is 273 g/mol. The molecule has 0 radical (unpaired) electrons. The minimum atomic E-state index is -0.645. The lowest BCUT2D eigenvalue weighted by molar-refractivity contribution is -0.141. The molecule has 104 valence electrons. The van der Waals surface area contributed by atoms with Crippen molar-refractivity contribution in [3.05, 3.63) is 24.1 Å². The van der Waals surface area contributed by atoms with Gasteiger partial charge in [-0.25, -0.2) is 4.98 Å². The number of nitrogens with zero attached hydrogens (tertiary/aromatic N) is 2. The summed E-state index contributed by atoms with van der Waals surface area (Å²) in [4.78, 5) is 29.5. The van der Waals surface area contributed by atoms with Crippen LogP contribution in [-0.4, -0.2) is 21.7 Å². The topological polar surface area (TPSA) is 89.4 Å². The third-order valence-electron chi connectivity index (χ3n) is 3.47. The summed E-state index contributed by atoms with van der Waals surface area (Å²) in [6.45, 7) is 3.59. The lowest BCUT2D eigenvalue weighted by Crippen LogP contribution is -2.32. The van der Waals surface area contributed by atoms with Crippen molar-refractivity contribution >= 4 is 28.6 Å². The first-order chi connectivity index (χ1) is 9.37. The number of aromatic nitrogens is 1. The fourth-order valence-electron chi connectivity index (χ4n) is 2.38. The monoisotopic (exact) mass is 273 g/mol. The summed E-state index contributed by atoms with van der Waals surface area (Å²) in [5.74, 6) is -0.0453. The Kier molecular flexibility index (Phi) is 2.57. The Morgan fingerprint density at radius 1 is 1.40 bits per heavy atom. The molecule has 2 heterocycles. The number of hydrogen-bond acceptors (Lipinski definition) is 5. The summed E-state index contributed by atoms with van der Waals surface area (Å²) in [6, 6.07) is 5.14. The third kappa shape index (κ3) is 1.93. The maximum Gasteiger partial charge on any atom is 0.235 e. The van der Waals surface area contributed by atoms with Gasteiger partial charge in [0.1, 0.15) is 12.1 Å². The molecule has 2 amide bonds. The van der Waals surface area contributed by atoms with Crippen LogP contribution in [0.1, 0.15) is 26.2 Å². The first kappa shape index (κ1) is 12.7. The highest BCUT2D eigenvalue weighted by molar-refractivity contribution is 6.05. The van der Waals surface area contributed by atoms with Crippen LogP contribution >= 0.6 is 0 Å². The van der Waals surface area contributed by atoms with Crippen LogP contribution in [0, 0.1) is 5.41 Å². The number of nitrogens with two attached hydrogens (primary N) is 1. The van der Waals surface area contributed by atoms with E-state index >= 15 is 0 Å². The minimum Gasteiger partial charge on any atom is -0.439 e. The molecule has 20 heavy (non-hydrogen) atoms. The molecule has 0 saturated carbocycles. The zero-order chi connectivity index (χ0) is 14.5. The standard InChI is InChI=1S/C14H15N3O3/c1-14(2)6-12(18)17(13(14)19)7-11-16-9-4-3-8(15)5-10(9)20-11/h3-5H,6-7,15H2,1-2H3. The molecule has 1 aliphatic heterocycles. The Labute approximate surface area is 115 Å². The fourth-order valence-corrected chi connectivity index (χ4v) is 2.38. The van der Waals surface area contributed by atoms with E-state index in [2.05, 4.69) is 4.98 Å². The first-order valence-corrected chi connectivity index (χ1v) is 6.36. The van der Waals surface area contributed by atoms with Crippen molar-refractivity contribution in [1.29, 1.82) is 0 Å². The Morgan fingerprint density at radius 2 is 2.15 bits per heavy atom. The highest BCUT2D eigenvalue weighted by atomic mass is 16.3. The quantitative estimate of drug-likeness (QED) is 0.664. The van der Waals surface area contributed by atoms with Gasteiger partial charge in [0.05, 0.1) is 5.41 Å². The molecule has 2 aromatic rings. The average Bonchev–Trinajstić information content (AvgIpc) is 2.83. The number of anilines is 1. The number of likely N-dealkylation sites (tertiary alicyclic amines) is 1. The smallest absolute Gasteiger partial charge is 0.235 e. The molecule has 6 heteroatoms. The van der Waals surface area contributed by atoms with E-state index in [1.807, 2.05) is 0 Å². The molecule has 0 aliphatic carbocycles. The molecule has 1 aromatic carbocycles. The summed E-state index contributed by atoms with van der Waals surface area (Å²) < 4.78 is 5.54. The van der Waals surface area contributed by atoms with E-state index in [0.717, 1.165) is 0 Å². The molecule has 0 atom stereocenters. The van der Waals surface area contributed by atoms with Gasteiger partial charge in [0, 0.05) is 18.2 Å². The van der Waals surface area contributed by atoms with Crippen LogP contribution in [0.2, 0.25) is 0 Å². The zero-order valence-corrected chi connectivity index (χ0v) is 11.3. The molecule has 0 spiro atoms. The van der Waals surface area contributed by atoms with Crippen molar-refractivity contribution in [2.45, 2.75) is 26.8 Å². The normalized spacial score (nSPS) is 18.2. The summed E-state index contributed by atoms with van der Waals surface area (Å²) in [7, 11) is 0. The molecule has 1 saturated heterocycles. The zero-order valence-electron chi connectivity index (χ0n) is 11.3. The van der Waals surface area contributed by atoms with Crippen molar-refractivity contribution in [3.63, 3.8) is 0 Å². The molecular formula is C14H15N3O3. The van der Waals surface area contributed by atoms with Crippen LogP contribution < -0.4 is 5.73 Å². The van der Waals surface area contributed by atoms with Gasteiger partial charge in [-0.3, -0.25) is 14.5 Å². The van der Waals surface area contributed by atoms with E-state index in [9.17, 15) is 9.59 Å². The van der Waals surface area contributed by atoms with E-state index < -0.39 is 5.41 Å². The number of fused-ring (bicyclic) bond motifs is 1. The van der Waals surface area contributed by atoms with Crippen molar-refractivity contribution < 1.29 is 14.0 Å². The highest BCUT2D eigenvalue weighted by Crippen LogP contribution is 2.32. The Hall–Kier alpha value is -2.37. The first-order valence-electron chi connectivity index (χ1n) is 6.36. The predicted molar refractivity (Wildman–Crippen MR) is 72.4 cm³/mol. The molecule has 1 aliphatic rings. The van der Waals surface area contributed by atoms with Crippen LogP contribution in [0.15, 0.2) is 22.6 Å². The van der Waals surface area contributed by atoms with Gasteiger partial charge < -0.3 is 10.2 Å². The number of amides is 2. The third-order valence-corrected chi connectivity index (χ3v) is 3.47. The van der Waals surface area contributed by atoms with Gasteiger partial charge in [-0.05, 0) is 12.1 Å². The van der Waals surface area contributed by atoms with E-state index in [1.165, 1.54) is 4.90 Å². The number of oxazole rings is 1. The summed E-state index contributed by atoms with van der Waals surface area (Å²) in [5.41, 5.74) is 6.82. The second-order valence-corrected chi connectivity index (χ2v) is 5.68. The SMILES string of the molecule is CC1(C)CC(=O)N(Cc2nc3ccc(N)cc3o2)C1=O. The van der Waals surface area contributed by atoms with Gasteiger partial charge in [-0.2, -0.15) is 0 Å². The van der Waals surface area contributed by atoms with Gasteiger partial charge in [-0.1, -0.05) is 13.8 Å². The van der Waals surface area contributed by atoms with E-state index in [0.29, 0.717) is 22.7 Å². The number of carbonyl (C=O) groups excluding carboxylic acids is 2. The number of nitrogen functional groups attached to an aromatic ring is 1. The van der Waals surface area contributed by atoms with Gasteiger partial charge in [0.2, 0.25) is 17.7 Å². The Bertz CT molecular complexity index is 718. The van der Waals surface area contributed by atoms with Crippen molar-refractivity contribution in [2.75, 3.05) is 5.73 Å². The van der Waals surface area contributed by atoms with Gasteiger partial charge in [0.25, 0.3) is 0 Å². The maximum absolute atomic E-state index is 12.1. The lowest BCUT2D eigenvalue weighted by Gasteiger charge is -2.15. The van der Waals surface area contributed by atoms with Crippen LogP contribution in [0.5, 0.6) is 0 Å².